The number of imide groups is 2. The summed E-state index contributed by atoms with van der Waals surface area (Å²) in [6, 6.07) is 0. The van der Waals surface area contributed by atoms with Gasteiger partial charge in [-0.15, -0.1) is 10.1 Å². The van der Waals surface area contributed by atoms with Gasteiger partial charge in [0.2, 0.25) is 0 Å². The van der Waals surface area contributed by atoms with E-state index in [1.54, 1.807) is 0 Å². The topological polar surface area (TPSA) is 242 Å². The molecular formula is C12H10N2Na2O14S4. The maximum Gasteiger partial charge on any atom is 1.00 e. The fourth-order valence-corrected chi connectivity index (χ4v) is 5.16. The minimum atomic E-state index is -5.13. The summed E-state index contributed by atoms with van der Waals surface area (Å²) < 4.78 is 65.3. The molecule has 0 aromatic rings. The summed E-state index contributed by atoms with van der Waals surface area (Å²) in [5.74, 6) is -9.05. The first-order valence-corrected chi connectivity index (χ1v) is 13.3. The molecule has 4 amide bonds. The molecule has 2 fully saturated rings. The largest absolute Gasteiger partial charge is 1.00 e. The van der Waals surface area contributed by atoms with E-state index in [4.69, 9.17) is 0 Å². The maximum absolute atomic E-state index is 11.7. The molecule has 2 unspecified atom stereocenters. The summed E-state index contributed by atoms with van der Waals surface area (Å²) in [5, 5.41) is -4.70. The number of carbonyl (C=O) groups is 6. The Balaban J connectivity index is 0.00000544. The molecule has 0 radical (unpaired) electrons. The third kappa shape index (κ3) is 8.69. The molecule has 34 heavy (non-hydrogen) atoms. The molecule has 16 nitrogen and oxygen atoms in total. The van der Waals surface area contributed by atoms with Gasteiger partial charge in [0.25, 0.3) is 23.6 Å². The molecule has 0 aromatic heterocycles. The maximum atomic E-state index is 11.7. The second-order valence-corrected chi connectivity index (χ2v) is 11.4. The summed E-state index contributed by atoms with van der Waals surface area (Å²) in [7, 11) is -9.01. The van der Waals surface area contributed by atoms with E-state index in [2.05, 4.69) is 9.68 Å². The van der Waals surface area contributed by atoms with Crippen LogP contribution < -0.4 is 59.1 Å². The zero-order valence-electron chi connectivity index (χ0n) is 17.2. The Bertz CT molecular complexity index is 1010. The van der Waals surface area contributed by atoms with E-state index in [1.807, 2.05) is 0 Å². The molecule has 2 rings (SSSR count). The van der Waals surface area contributed by atoms with Crippen molar-refractivity contribution in [3.8, 4) is 0 Å². The van der Waals surface area contributed by atoms with Crippen LogP contribution in [0.2, 0.25) is 0 Å². The van der Waals surface area contributed by atoms with Crippen LogP contribution in [0.5, 0.6) is 0 Å². The van der Waals surface area contributed by atoms with Crippen LogP contribution in [0.1, 0.15) is 12.8 Å². The summed E-state index contributed by atoms with van der Waals surface area (Å²) in [6.45, 7) is 0. The van der Waals surface area contributed by atoms with Crippen molar-refractivity contribution < 1.29 is 123 Å². The Morgan fingerprint density at radius 1 is 0.765 bits per heavy atom. The molecule has 2 aliphatic rings. The van der Waals surface area contributed by atoms with Crippen LogP contribution in [0.15, 0.2) is 0 Å². The van der Waals surface area contributed by atoms with Gasteiger partial charge in [-0.3, -0.25) is 19.2 Å². The molecule has 178 valence electrons. The molecular weight excluding hydrogens is 570 g/mol. The minimum absolute atomic E-state index is 0. The van der Waals surface area contributed by atoms with Crippen molar-refractivity contribution in [3.05, 3.63) is 0 Å². The van der Waals surface area contributed by atoms with Crippen LogP contribution in [-0.4, -0.2) is 93.6 Å². The standard InChI is InChI=1S/C12H12N2O14S4.2Na/c15-7-1-5(31(21,22)23)11(19)13(7)27-9(17)3-29-30-4-10(18)28-14-8(16)2-6(12(14)20)32(24,25)26;;/h5-6H,1-4H2,(H,21,22,23)(H,24,25,26);;/q;2*+1/p-2. The van der Waals surface area contributed by atoms with E-state index in [0.29, 0.717) is 21.6 Å². The van der Waals surface area contributed by atoms with Gasteiger partial charge in [0.1, 0.15) is 42.2 Å². The van der Waals surface area contributed by atoms with Gasteiger partial charge >= 0.3 is 71.1 Å². The molecule has 0 aromatic carbocycles. The molecule has 0 aliphatic carbocycles. The molecule has 2 atom stereocenters. The van der Waals surface area contributed by atoms with Crippen molar-refractivity contribution in [2.45, 2.75) is 23.3 Å². The van der Waals surface area contributed by atoms with Gasteiger partial charge in [-0.1, -0.05) is 21.6 Å². The number of hydrogen-bond donors (Lipinski definition) is 0. The van der Waals surface area contributed by atoms with Gasteiger partial charge in [-0.05, 0) is 0 Å². The third-order valence-electron chi connectivity index (χ3n) is 3.64. The third-order valence-corrected chi connectivity index (χ3v) is 7.86. The van der Waals surface area contributed by atoms with Crippen LogP contribution in [0.4, 0.5) is 0 Å². The number of hydrogen-bond acceptors (Lipinski definition) is 16. The van der Waals surface area contributed by atoms with Crippen molar-refractivity contribution in [2.24, 2.45) is 0 Å². The van der Waals surface area contributed by atoms with Crippen molar-refractivity contribution in [2.75, 3.05) is 11.5 Å². The predicted octanol–water partition coefficient (Wildman–Crippen LogP) is -9.36. The number of nitrogens with zero attached hydrogens (tertiary/aromatic N) is 2. The molecule has 2 aliphatic heterocycles. The Labute approximate surface area is 243 Å². The first kappa shape index (κ1) is 33.7. The van der Waals surface area contributed by atoms with E-state index in [-0.39, 0.29) is 69.2 Å². The summed E-state index contributed by atoms with van der Waals surface area (Å²) in [4.78, 5) is 78.5. The van der Waals surface area contributed by atoms with E-state index in [9.17, 15) is 54.7 Å². The molecule has 2 heterocycles. The second-order valence-electron chi connectivity index (χ2n) is 5.87. The first-order chi connectivity index (χ1) is 14.6. The number of carbonyl (C=O) groups excluding carboxylic acids is 6. The zero-order chi connectivity index (χ0) is 24.4. The van der Waals surface area contributed by atoms with Gasteiger partial charge in [-0.2, -0.15) is 0 Å². The fraction of sp³-hybridized carbons (Fsp3) is 0.500. The predicted molar refractivity (Wildman–Crippen MR) is 97.0 cm³/mol. The van der Waals surface area contributed by atoms with Crippen molar-refractivity contribution >= 4 is 77.4 Å². The monoisotopic (exact) mass is 580 g/mol. The molecule has 0 N–H and O–H groups in total. The number of rotatable bonds is 9. The van der Waals surface area contributed by atoms with E-state index in [0.717, 1.165) is 0 Å². The summed E-state index contributed by atoms with van der Waals surface area (Å²) >= 11 is 0. The quantitative estimate of drug-likeness (QED) is 0.0808. The molecule has 0 bridgehead atoms. The zero-order valence-corrected chi connectivity index (χ0v) is 24.5. The second kappa shape index (κ2) is 13.3. The van der Waals surface area contributed by atoms with Gasteiger partial charge < -0.3 is 18.8 Å². The molecule has 22 heteroatoms. The van der Waals surface area contributed by atoms with Crippen LogP contribution in [-0.2, 0) is 58.7 Å². The van der Waals surface area contributed by atoms with Crippen LogP contribution in [0, 0.1) is 0 Å². The Kier molecular flexibility index (Phi) is 13.2. The van der Waals surface area contributed by atoms with Crippen molar-refractivity contribution in [1.29, 1.82) is 0 Å². The minimum Gasteiger partial charge on any atom is -0.747 e. The van der Waals surface area contributed by atoms with Crippen LogP contribution >= 0.6 is 21.6 Å². The van der Waals surface area contributed by atoms with Gasteiger partial charge in [0, 0.05) is 0 Å². The van der Waals surface area contributed by atoms with Crippen molar-refractivity contribution in [1.82, 2.24) is 10.1 Å². The van der Waals surface area contributed by atoms with E-state index < -0.39 is 90.7 Å². The van der Waals surface area contributed by atoms with E-state index >= 15 is 0 Å². The Morgan fingerprint density at radius 3 is 1.29 bits per heavy atom. The normalized spacial score (nSPS) is 20.6. The molecule has 0 saturated carbocycles. The van der Waals surface area contributed by atoms with Gasteiger partial charge in [0.05, 0.1) is 12.8 Å². The van der Waals surface area contributed by atoms with Crippen LogP contribution in [0.3, 0.4) is 0 Å². The SMILES string of the molecule is O=C(CSSCC(=O)ON1C(=O)CC(S(=O)(=O)[O-])C1=O)ON1C(=O)CC(S(=O)(=O)[O-])C1=O.[Na+].[Na+]. The smallest absolute Gasteiger partial charge is 0.747 e. The average molecular weight is 580 g/mol. The Hall–Kier alpha value is -0.260. The van der Waals surface area contributed by atoms with Gasteiger partial charge in [0.15, 0.2) is 0 Å². The number of amides is 4. The molecule has 2 saturated heterocycles. The summed E-state index contributed by atoms with van der Waals surface area (Å²) in [6.07, 6.45) is -1.96. The average Bonchev–Trinajstić information content (AvgIpc) is 3.10. The van der Waals surface area contributed by atoms with Crippen molar-refractivity contribution in [3.63, 3.8) is 0 Å². The molecule has 0 spiro atoms. The number of hydroxylamine groups is 4. The fourth-order valence-electron chi connectivity index (χ4n) is 2.24. The van der Waals surface area contributed by atoms with Crippen LogP contribution in [0.25, 0.3) is 0 Å². The van der Waals surface area contributed by atoms with E-state index in [1.165, 1.54) is 0 Å². The Morgan fingerprint density at radius 2 is 1.06 bits per heavy atom. The first-order valence-electron chi connectivity index (χ1n) is 7.92. The van der Waals surface area contributed by atoms with Gasteiger partial charge in [-0.25, -0.2) is 26.4 Å². The summed E-state index contributed by atoms with van der Waals surface area (Å²) in [5.41, 5.74) is 0.